The van der Waals surface area contributed by atoms with E-state index in [0.29, 0.717) is 30.5 Å². The molecule has 1 fully saturated rings. The van der Waals surface area contributed by atoms with Crippen LogP contribution in [-0.2, 0) is 14.8 Å². The van der Waals surface area contributed by atoms with Crippen LogP contribution >= 0.6 is 0 Å². The van der Waals surface area contributed by atoms with Crippen molar-refractivity contribution in [3.8, 4) is 0 Å². The van der Waals surface area contributed by atoms with Crippen LogP contribution in [0.15, 0.2) is 34.0 Å². The predicted octanol–water partition coefficient (Wildman–Crippen LogP) is 1.79. The topological polar surface area (TPSA) is 112 Å². The number of fused-ring (bicyclic) bond motifs is 1. The third kappa shape index (κ3) is 5.63. The summed E-state index contributed by atoms with van der Waals surface area (Å²) in [6, 6.07) is 5.74. The number of morpholine rings is 1. The molecule has 0 spiro atoms. The van der Waals surface area contributed by atoms with E-state index in [4.69, 9.17) is 4.74 Å². The molecule has 1 aliphatic rings. The molecule has 0 aliphatic carbocycles. The van der Waals surface area contributed by atoms with Crippen molar-refractivity contribution >= 4 is 26.8 Å². The van der Waals surface area contributed by atoms with Gasteiger partial charge in [-0.2, -0.15) is 4.31 Å². The van der Waals surface area contributed by atoms with E-state index in [1.54, 1.807) is 13.8 Å². The minimum Gasteiger partial charge on any atom is -0.373 e. The third-order valence-corrected chi connectivity index (χ3v) is 8.08. The van der Waals surface area contributed by atoms with Gasteiger partial charge < -0.3 is 15.0 Å². The smallest absolute Gasteiger partial charge is 0.252 e. The van der Waals surface area contributed by atoms with Crippen molar-refractivity contribution in [2.24, 2.45) is 0 Å². The highest BCUT2D eigenvalue weighted by Gasteiger charge is 2.27. The van der Waals surface area contributed by atoms with Crippen LogP contribution in [0, 0.1) is 0 Å². The first-order valence-corrected chi connectivity index (χ1v) is 12.9. The number of carbonyl (C=O) groups is 1. The second-order valence-electron chi connectivity index (χ2n) is 8.61. The molecule has 0 radical (unpaired) electrons. The molecule has 2 N–H and O–H groups in total. The normalized spacial score (nSPS) is 20.8. The molecular weight excluding hydrogens is 444 g/mol. The maximum atomic E-state index is 13.1. The molecule has 3 rings (SSSR count). The van der Waals surface area contributed by atoms with Crippen molar-refractivity contribution in [1.29, 1.82) is 0 Å². The van der Waals surface area contributed by atoms with Crippen molar-refractivity contribution in [2.45, 2.75) is 57.8 Å². The summed E-state index contributed by atoms with van der Waals surface area (Å²) in [4.78, 5) is 30.3. The van der Waals surface area contributed by atoms with Crippen molar-refractivity contribution in [3.05, 3.63) is 40.2 Å². The highest BCUT2D eigenvalue weighted by Crippen LogP contribution is 2.23. The van der Waals surface area contributed by atoms with E-state index in [2.05, 4.69) is 15.2 Å². The van der Waals surface area contributed by atoms with E-state index in [9.17, 15) is 18.0 Å². The van der Waals surface area contributed by atoms with Gasteiger partial charge in [0.05, 0.1) is 22.7 Å². The van der Waals surface area contributed by atoms with Gasteiger partial charge in [-0.25, -0.2) is 8.42 Å². The van der Waals surface area contributed by atoms with Gasteiger partial charge in [0.15, 0.2) is 0 Å². The molecule has 0 saturated carbocycles. The van der Waals surface area contributed by atoms with E-state index in [1.807, 2.05) is 20.8 Å². The zero-order valence-electron chi connectivity index (χ0n) is 19.9. The lowest BCUT2D eigenvalue weighted by Crippen LogP contribution is -2.52. The Morgan fingerprint density at radius 2 is 1.85 bits per heavy atom. The van der Waals surface area contributed by atoms with Gasteiger partial charge in [-0.05, 0) is 39.0 Å². The molecule has 2 aromatic rings. The van der Waals surface area contributed by atoms with Crippen LogP contribution in [0.4, 0.5) is 0 Å². The van der Waals surface area contributed by atoms with Crippen LogP contribution in [0.2, 0.25) is 0 Å². The van der Waals surface area contributed by atoms with Gasteiger partial charge in [0.25, 0.3) is 5.91 Å². The summed E-state index contributed by atoms with van der Waals surface area (Å²) < 4.78 is 33.1. The fourth-order valence-corrected chi connectivity index (χ4v) is 5.82. The number of amides is 1. The summed E-state index contributed by atoms with van der Waals surface area (Å²) in [5.41, 5.74) is 0.146. The van der Waals surface area contributed by atoms with Gasteiger partial charge in [0, 0.05) is 55.7 Å². The van der Waals surface area contributed by atoms with E-state index < -0.39 is 21.5 Å². The first-order valence-electron chi connectivity index (χ1n) is 11.4. The number of hydrogen-bond donors (Lipinski definition) is 2. The first kappa shape index (κ1) is 25.4. The molecule has 33 heavy (non-hydrogen) atoms. The Morgan fingerprint density at radius 1 is 1.21 bits per heavy atom. The Hall–Kier alpha value is -2.27. The molecule has 1 aromatic heterocycles. The van der Waals surface area contributed by atoms with Gasteiger partial charge in [0.2, 0.25) is 15.6 Å². The van der Waals surface area contributed by atoms with E-state index >= 15 is 0 Å². The van der Waals surface area contributed by atoms with Crippen LogP contribution in [0.1, 0.15) is 45.0 Å². The molecule has 1 aliphatic heterocycles. The average Bonchev–Trinajstić information content (AvgIpc) is 2.76. The number of aromatic nitrogens is 1. The summed E-state index contributed by atoms with van der Waals surface area (Å²) in [6.07, 6.45) is 0.240. The number of aromatic amines is 1. The zero-order chi connectivity index (χ0) is 24.3. The summed E-state index contributed by atoms with van der Waals surface area (Å²) in [5, 5.41) is 3.30. The van der Waals surface area contributed by atoms with Gasteiger partial charge in [-0.15, -0.1) is 0 Å². The number of rotatable bonds is 8. The molecule has 0 bridgehead atoms. The summed E-state index contributed by atoms with van der Waals surface area (Å²) in [6.45, 7) is 12.3. The van der Waals surface area contributed by atoms with E-state index in [1.165, 1.54) is 28.6 Å². The number of benzene rings is 1. The quantitative estimate of drug-likeness (QED) is 0.598. The lowest BCUT2D eigenvalue weighted by molar-refractivity contribution is -0.0778. The van der Waals surface area contributed by atoms with Gasteiger partial charge >= 0.3 is 0 Å². The molecule has 0 unspecified atom stereocenters. The summed E-state index contributed by atoms with van der Waals surface area (Å²) >= 11 is 0. The van der Waals surface area contributed by atoms with Crippen LogP contribution in [-0.4, -0.2) is 79.5 Å². The first-order chi connectivity index (χ1) is 15.6. The number of nitrogens with one attached hydrogen (secondary N) is 2. The number of hydrogen-bond acceptors (Lipinski definition) is 6. The van der Waals surface area contributed by atoms with Crippen LogP contribution in [0.5, 0.6) is 0 Å². The van der Waals surface area contributed by atoms with Crippen LogP contribution in [0.3, 0.4) is 0 Å². The lowest BCUT2D eigenvalue weighted by atomic mass is 10.1. The van der Waals surface area contributed by atoms with Gasteiger partial charge in [0.1, 0.15) is 0 Å². The molecule has 9 nitrogen and oxygen atoms in total. The number of sulfonamides is 1. The second-order valence-corrected chi connectivity index (χ2v) is 10.6. The van der Waals surface area contributed by atoms with Crippen molar-refractivity contribution in [3.63, 3.8) is 0 Å². The Balaban J connectivity index is 1.87. The van der Waals surface area contributed by atoms with Gasteiger partial charge in [-0.3, -0.25) is 14.5 Å². The van der Waals surface area contributed by atoms with E-state index in [-0.39, 0.29) is 28.7 Å². The second kappa shape index (κ2) is 10.3. The fraction of sp³-hybridized carbons (Fsp3) is 0.565. The molecule has 1 aromatic carbocycles. The maximum absolute atomic E-state index is 13.1. The molecule has 10 heteroatoms. The number of pyridine rings is 1. The number of ether oxygens (including phenoxy) is 1. The SMILES string of the molecule is CCN(CC)S(=O)(=O)c1ccc2[nH]c(=O)cc(C(=O)NC[C@H](C)N3C[C@H](C)O[C@@H](C)C3)c2c1. The minimum absolute atomic E-state index is 0.0783. The van der Waals surface area contributed by atoms with Crippen molar-refractivity contribution in [1.82, 2.24) is 19.5 Å². The highest BCUT2D eigenvalue weighted by molar-refractivity contribution is 7.89. The van der Waals surface area contributed by atoms with Gasteiger partial charge in [-0.1, -0.05) is 13.8 Å². The molecule has 1 saturated heterocycles. The number of nitrogens with zero attached hydrogens (tertiary/aromatic N) is 2. The maximum Gasteiger partial charge on any atom is 0.252 e. The Bertz CT molecular complexity index is 1150. The molecule has 1 amide bonds. The summed E-state index contributed by atoms with van der Waals surface area (Å²) in [5.74, 6) is -0.412. The number of carbonyl (C=O) groups excluding carboxylic acids is 1. The Morgan fingerprint density at radius 3 is 2.45 bits per heavy atom. The lowest BCUT2D eigenvalue weighted by Gasteiger charge is -2.39. The Kier molecular flexibility index (Phi) is 7.94. The largest absolute Gasteiger partial charge is 0.373 e. The molecular formula is C23H34N4O5S. The van der Waals surface area contributed by atoms with Crippen molar-refractivity contribution < 1.29 is 17.9 Å². The minimum atomic E-state index is -3.70. The van der Waals surface area contributed by atoms with Crippen LogP contribution < -0.4 is 10.9 Å². The zero-order valence-corrected chi connectivity index (χ0v) is 20.7. The van der Waals surface area contributed by atoms with Crippen molar-refractivity contribution in [2.75, 3.05) is 32.7 Å². The third-order valence-electron chi connectivity index (χ3n) is 6.03. The van der Waals surface area contributed by atoms with Crippen LogP contribution in [0.25, 0.3) is 10.9 Å². The molecule has 3 atom stereocenters. The average molecular weight is 479 g/mol. The monoisotopic (exact) mass is 478 g/mol. The van der Waals surface area contributed by atoms with E-state index in [0.717, 1.165) is 13.1 Å². The predicted molar refractivity (Wildman–Crippen MR) is 128 cm³/mol. The number of H-pyrrole nitrogens is 1. The fourth-order valence-electron chi connectivity index (χ4n) is 4.34. The standard InChI is InChI=1S/C23H34N4O5S/c1-6-27(7-2)33(30,31)18-8-9-21-19(10-18)20(11-22(28)25-21)23(29)24-12-15(3)26-13-16(4)32-17(5)14-26/h8-11,15-17H,6-7,12-14H2,1-5H3,(H,24,29)(H,25,28)/t15-,16-,17-/m0/s1. The Labute approximate surface area is 195 Å². The molecule has 2 heterocycles. The summed E-state index contributed by atoms with van der Waals surface area (Å²) in [7, 11) is -3.70. The highest BCUT2D eigenvalue weighted by atomic mass is 32.2. The molecule has 182 valence electrons.